The van der Waals surface area contributed by atoms with Gasteiger partial charge in [-0.3, -0.25) is 0 Å². The molecule has 0 aromatic carbocycles. The molecule has 0 nitrogen and oxygen atoms in total. The Morgan fingerprint density at radius 1 is 1.00 bits per heavy atom. The molecule has 0 aromatic heterocycles. The first-order valence-electron chi connectivity index (χ1n) is 0. The average Bonchev–Trinajstić information content (AvgIpc) is 0. The number of hydrogen-bond donors (Lipinski definition) is 0. The van der Waals surface area contributed by atoms with Crippen LogP contribution in [0.5, 0.6) is 0 Å². The second-order valence-corrected chi connectivity index (χ2v) is 0. The Balaban J connectivity index is 0. The average molecular weight is 318 g/mol. The van der Waals surface area contributed by atoms with Crippen molar-refractivity contribution in [2.45, 2.75) is 0 Å². The van der Waals surface area contributed by atoms with Gasteiger partial charge in [0.15, 0.2) is 0 Å². The van der Waals surface area contributed by atoms with Gasteiger partial charge in [0.25, 0.3) is 0 Å². The Hall–Kier alpha value is 4.18. The van der Waals surface area contributed by atoms with E-state index in [1.54, 1.807) is 0 Å². The minimum Gasteiger partial charge on any atom is 0 e. The molecule has 0 unspecified atom stereocenters. The van der Waals surface area contributed by atoms with Crippen LogP contribution in [0.3, 0.4) is 0 Å². The molecule has 0 aliphatic heterocycles. The fourth-order valence-electron chi connectivity index (χ4n) is 0. The summed E-state index contributed by atoms with van der Waals surface area (Å²) in [4.78, 5) is 0. The molecule has 0 fully saturated rings. The third-order valence-electron chi connectivity index (χ3n) is 0. The molecule has 0 spiro atoms. The van der Waals surface area contributed by atoms with E-state index in [2.05, 4.69) is 0 Å². The maximum atomic E-state index is 0. The summed E-state index contributed by atoms with van der Waals surface area (Å²) in [6, 6.07) is 0. The zero-order chi connectivity index (χ0) is 0. The van der Waals surface area contributed by atoms with Crippen LogP contribution in [-0.2, 0) is 80.6 Å². The molecule has 15 valence electrons. The summed E-state index contributed by atoms with van der Waals surface area (Å²) < 4.78 is 0. The fourth-order valence-corrected chi connectivity index (χ4v) is 0. The van der Waals surface area contributed by atoms with Crippen molar-refractivity contribution >= 4 is 45.5 Å². The molecule has 0 saturated carbocycles. The van der Waals surface area contributed by atoms with E-state index in [4.69, 9.17) is 0 Å². The molecular formula is H2SrTiYZr. The van der Waals surface area contributed by atoms with Crippen molar-refractivity contribution in [1.82, 2.24) is 0 Å². The smallest absolute Gasteiger partial charge is 0 e. The van der Waals surface area contributed by atoms with Gasteiger partial charge in [0, 0.05) is 80.6 Å². The van der Waals surface area contributed by atoms with Gasteiger partial charge in [-0.1, -0.05) is 0 Å². The number of hydrogen-bond acceptors (Lipinski definition) is 0. The molecule has 1 radical (unpaired) electrons. The van der Waals surface area contributed by atoms with Gasteiger partial charge in [0.05, 0.1) is 0 Å². The molecule has 0 atom stereocenters. The summed E-state index contributed by atoms with van der Waals surface area (Å²) in [6.45, 7) is 0. The van der Waals surface area contributed by atoms with Gasteiger partial charge in [0.1, 0.15) is 0 Å². The molecule has 0 aliphatic carbocycles. The standard InChI is InChI=1S/Sr.Ti.Y.Zr.2H. The summed E-state index contributed by atoms with van der Waals surface area (Å²) in [5.41, 5.74) is 0. The molecule has 0 rings (SSSR count). The largest absolute Gasteiger partial charge is 0 e. The molecule has 0 amide bonds. The van der Waals surface area contributed by atoms with Crippen molar-refractivity contribution < 1.29 is 80.6 Å². The van der Waals surface area contributed by atoms with Crippen LogP contribution in [0.15, 0.2) is 0 Å². The molecule has 0 saturated heterocycles. The van der Waals surface area contributed by atoms with E-state index >= 15 is 0 Å². The Kier molecular flexibility index (Phi) is 94.7. The van der Waals surface area contributed by atoms with Gasteiger partial charge in [-0.25, -0.2) is 0 Å². The van der Waals surface area contributed by atoms with Crippen LogP contribution in [-0.4, -0.2) is 45.5 Å². The van der Waals surface area contributed by atoms with Gasteiger partial charge in [-0.05, 0) is 0 Å². The van der Waals surface area contributed by atoms with Crippen molar-refractivity contribution in [2.75, 3.05) is 0 Å². The minimum absolute atomic E-state index is 0. The van der Waals surface area contributed by atoms with Gasteiger partial charge in [-0.15, -0.1) is 0 Å². The van der Waals surface area contributed by atoms with Crippen LogP contribution in [0.4, 0.5) is 0 Å². The van der Waals surface area contributed by atoms with Crippen molar-refractivity contribution in [2.24, 2.45) is 0 Å². The Labute approximate surface area is 122 Å². The third kappa shape index (κ3) is 9.49. The summed E-state index contributed by atoms with van der Waals surface area (Å²) >= 11 is 0. The quantitative estimate of drug-likeness (QED) is 0.507. The van der Waals surface area contributed by atoms with Gasteiger partial charge in [0.2, 0.25) is 0 Å². The second kappa shape index (κ2) is 15.7. The zero-order valence-electron chi connectivity index (χ0n) is 1.58. The molecular weight excluding hydrogens is 316 g/mol. The van der Waals surface area contributed by atoms with Gasteiger partial charge >= 0.3 is 45.5 Å². The monoisotopic (exact) mass is 317 g/mol. The topological polar surface area (TPSA) is 0 Å². The van der Waals surface area contributed by atoms with Crippen LogP contribution in [0.1, 0.15) is 0 Å². The molecule has 4 heavy (non-hydrogen) atoms. The van der Waals surface area contributed by atoms with E-state index in [0.29, 0.717) is 0 Å². The third-order valence-corrected chi connectivity index (χ3v) is 0. The summed E-state index contributed by atoms with van der Waals surface area (Å²) in [6.07, 6.45) is 0. The summed E-state index contributed by atoms with van der Waals surface area (Å²) in [7, 11) is 0. The Morgan fingerprint density at radius 3 is 1.00 bits per heavy atom. The Morgan fingerprint density at radius 2 is 1.00 bits per heavy atom. The van der Waals surface area contributed by atoms with Crippen LogP contribution < -0.4 is 0 Å². The summed E-state index contributed by atoms with van der Waals surface area (Å²) in [5.74, 6) is 0. The van der Waals surface area contributed by atoms with Crippen LogP contribution >= 0.6 is 0 Å². The second-order valence-electron chi connectivity index (χ2n) is 0. The van der Waals surface area contributed by atoms with Crippen molar-refractivity contribution in [3.8, 4) is 0 Å². The maximum Gasteiger partial charge on any atom is 0 e. The Bertz CT molecular complexity index is 8.00. The predicted molar refractivity (Wildman–Crippen MR) is 8.54 cm³/mol. The van der Waals surface area contributed by atoms with E-state index in [1.165, 1.54) is 0 Å². The van der Waals surface area contributed by atoms with Gasteiger partial charge in [-0.2, -0.15) is 0 Å². The molecule has 4 heteroatoms. The zero-order valence-corrected chi connectivity index (χ0v) is 8.44. The minimum atomic E-state index is 0. The van der Waals surface area contributed by atoms with E-state index in [0.717, 1.165) is 0 Å². The molecule has 0 N–H and O–H groups in total. The molecule has 0 aliphatic rings. The van der Waals surface area contributed by atoms with Crippen molar-refractivity contribution in [1.29, 1.82) is 0 Å². The molecule has 0 aromatic rings. The van der Waals surface area contributed by atoms with E-state index < -0.39 is 0 Å². The van der Waals surface area contributed by atoms with E-state index in [9.17, 15) is 0 Å². The fraction of sp³-hybridized carbons (Fsp3) is 0. The molecule has 0 bridgehead atoms. The summed E-state index contributed by atoms with van der Waals surface area (Å²) in [5, 5.41) is 0. The van der Waals surface area contributed by atoms with E-state index in [-0.39, 0.29) is 126 Å². The van der Waals surface area contributed by atoms with Crippen LogP contribution in [0.25, 0.3) is 0 Å². The maximum absolute atomic E-state index is 0. The van der Waals surface area contributed by atoms with Crippen LogP contribution in [0.2, 0.25) is 0 Å². The first-order valence-corrected chi connectivity index (χ1v) is 0. The first-order chi connectivity index (χ1) is 0. The van der Waals surface area contributed by atoms with Gasteiger partial charge < -0.3 is 0 Å². The predicted octanol–water partition coefficient (Wildman–Crippen LogP) is -0.924. The van der Waals surface area contributed by atoms with E-state index in [1.807, 2.05) is 0 Å². The normalized spacial score (nSPS) is 0. The van der Waals surface area contributed by atoms with Crippen molar-refractivity contribution in [3.63, 3.8) is 0 Å². The molecule has 0 heterocycles. The number of rotatable bonds is 0. The first kappa shape index (κ1) is 24.1. The van der Waals surface area contributed by atoms with Crippen LogP contribution in [0, 0.1) is 0 Å². The van der Waals surface area contributed by atoms with Crippen molar-refractivity contribution in [3.05, 3.63) is 0 Å². The SMILES string of the molecule is [SrH2].[Ti].[Y].[Zr].